The topological polar surface area (TPSA) is 95.9 Å². The van der Waals surface area contributed by atoms with Gasteiger partial charge >= 0.3 is 5.97 Å². The lowest BCUT2D eigenvalue weighted by molar-refractivity contribution is -0.143. The zero-order valence-electron chi connectivity index (χ0n) is 64.0. The highest BCUT2D eigenvalue weighted by molar-refractivity contribution is 5.76. The minimum Gasteiger partial charge on any atom is -0.466 e. The predicted octanol–water partition coefficient (Wildman–Crippen LogP) is 28.9. The molecule has 1 amide bonds. The van der Waals surface area contributed by atoms with Crippen molar-refractivity contribution in [3.05, 3.63) is 36.5 Å². The van der Waals surface area contributed by atoms with Gasteiger partial charge in [0.25, 0.3) is 0 Å². The molecule has 0 heterocycles. The molecular formula is C88H169NO5. The van der Waals surface area contributed by atoms with Crippen molar-refractivity contribution in [1.29, 1.82) is 0 Å². The zero-order valence-corrected chi connectivity index (χ0v) is 64.0. The Bertz CT molecular complexity index is 1520. The predicted molar refractivity (Wildman–Crippen MR) is 416 cm³/mol. The van der Waals surface area contributed by atoms with Gasteiger partial charge in [-0.15, -0.1) is 0 Å². The molecule has 2 unspecified atom stereocenters. The molecule has 0 aromatic heterocycles. The standard InChI is InChI=1S/C88H169NO5/c1-3-5-7-9-11-13-15-17-19-21-23-45-48-52-56-60-64-68-72-76-80-86(91)85(84-90)89-87(92)81-77-73-69-65-61-57-53-49-46-43-41-39-37-35-33-31-29-27-25-24-26-28-30-32-34-36-38-40-42-44-47-51-55-59-63-67-71-75-79-83-94-88(93)82-78-74-70-66-62-58-54-50-22-20-18-16-14-12-10-8-6-4-2/h20,22,24-25,76,80,85-86,90-91H,3-19,21,23,26-75,77-79,81-84H2,1-2H3,(H,89,92)/b22-20-,25-24-,80-76+. The maximum atomic E-state index is 12.5. The summed E-state index contributed by atoms with van der Waals surface area (Å²) < 4.78 is 5.52. The van der Waals surface area contributed by atoms with Gasteiger partial charge in [0.15, 0.2) is 0 Å². The molecule has 6 nitrogen and oxygen atoms in total. The Balaban J connectivity index is 3.33. The highest BCUT2D eigenvalue weighted by Crippen LogP contribution is 2.20. The van der Waals surface area contributed by atoms with Gasteiger partial charge in [0.1, 0.15) is 0 Å². The molecule has 0 aliphatic rings. The fourth-order valence-corrected chi connectivity index (χ4v) is 13.8. The minimum atomic E-state index is -0.843. The lowest BCUT2D eigenvalue weighted by Crippen LogP contribution is -2.45. The van der Waals surface area contributed by atoms with Crippen LogP contribution in [0.25, 0.3) is 0 Å². The van der Waals surface area contributed by atoms with E-state index < -0.39 is 12.1 Å². The van der Waals surface area contributed by atoms with Crippen molar-refractivity contribution in [2.45, 2.75) is 501 Å². The van der Waals surface area contributed by atoms with Crippen molar-refractivity contribution in [3.8, 4) is 0 Å². The molecule has 94 heavy (non-hydrogen) atoms. The van der Waals surface area contributed by atoms with E-state index in [2.05, 4.69) is 43.5 Å². The van der Waals surface area contributed by atoms with Crippen molar-refractivity contribution in [3.63, 3.8) is 0 Å². The molecule has 0 aromatic rings. The highest BCUT2D eigenvalue weighted by Gasteiger charge is 2.18. The maximum absolute atomic E-state index is 12.5. The van der Waals surface area contributed by atoms with Crippen LogP contribution >= 0.6 is 0 Å². The Kier molecular flexibility index (Phi) is 81.8. The third-order valence-corrected chi connectivity index (χ3v) is 20.4. The average Bonchev–Trinajstić information content (AvgIpc) is 3.37. The van der Waals surface area contributed by atoms with Gasteiger partial charge in [-0.2, -0.15) is 0 Å². The molecule has 0 saturated heterocycles. The van der Waals surface area contributed by atoms with E-state index in [0.717, 1.165) is 38.5 Å². The number of hydrogen-bond acceptors (Lipinski definition) is 5. The van der Waals surface area contributed by atoms with Crippen LogP contribution in [0.5, 0.6) is 0 Å². The molecule has 0 aliphatic heterocycles. The molecule has 0 aromatic carbocycles. The van der Waals surface area contributed by atoms with Crippen LogP contribution in [0.4, 0.5) is 0 Å². The first kappa shape index (κ1) is 92.1. The number of amides is 1. The SMILES string of the molecule is CCCCCCCCC/C=C\CCCCCCCCCC(=O)OCCCCCCCCCCCCCCCCCCCC/C=C\CCCCCCCCCCCCCCCCCCCC(=O)NC(CO)C(O)/C=C/CCCCCCCCCCCCCCCCCCCC. The lowest BCUT2D eigenvalue weighted by atomic mass is 10.0. The number of aliphatic hydroxyl groups is 2. The fraction of sp³-hybridized carbons (Fsp3) is 0.909. The number of ether oxygens (including phenoxy) is 1. The van der Waals surface area contributed by atoms with Crippen LogP contribution in [0.15, 0.2) is 36.5 Å². The number of nitrogens with one attached hydrogen (secondary N) is 1. The average molecular weight is 1320 g/mol. The normalized spacial score (nSPS) is 12.6. The van der Waals surface area contributed by atoms with Crippen LogP contribution in [-0.2, 0) is 14.3 Å². The van der Waals surface area contributed by atoms with E-state index in [9.17, 15) is 19.8 Å². The highest BCUT2D eigenvalue weighted by atomic mass is 16.5. The number of allylic oxidation sites excluding steroid dienone is 5. The van der Waals surface area contributed by atoms with Gasteiger partial charge in [-0.25, -0.2) is 0 Å². The smallest absolute Gasteiger partial charge is 0.305 e. The summed E-state index contributed by atoms with van der Waals surface area (Å²) in [6, 6.07) is -0.626. The zero-order chi connectivity index (χ0) is 67.7. The summed E-state index contributed by atoms with van der Waals surface area (Å²) in [6.45, 7) is 4.96. The van der Waals surface area contributed by atoms with Crippen molar-refractivity contribution in [1.82, 2.24) is 5.32 Å². The molecule has 0 spiro atoms. The first-order valence-electron chi connectivity index (χ1n) is 43.3. The van der Waals surface area contributed by atoms with E-state index >= 15 is 0 Å². The summed E-state index contributed by atoms with van der Waals surface area (Å²) in [6.07, 6.45) is 110. The van der Waals surface area contributed by atoms with Gasteiger partial charge in [0, 0.05) is 12.8 Å². The fourth-order valence-electron chi connectivity index (χ4n) is 13.8. The first-order chi connectivity index (χ1) is 46.5. The number of unbranched alkanes of at least 4 members (excludes halogenated alkanes) is 67. The maximum Gasteiger partial charge on any atom is 0.305 e. The number of carbonyl (C=O) groups is 2. The molecule has 0 saturated carbocycles. The van der Waals surface area contributed by atoms with Gasteiger partial charge in [0.2, 0.25) is 5.91 Å². The van der Waals surface area contributed by atoms with Crippen molar-refractivity contribution >= 4 is 11.9 Å². The Morgan fingerprint density at radius 2 is 0.500 bits per heavy atom. The molecule has 3 N–H and O–H groups in total. The van der Waals surface area contributed by atoms with Gasteiger partial charge in [0.05, 0.1) is 25.4 Å². The second-order valence-electron chi connectivity index (χ2n) is 29.9. The first-order valence-corrected chi connectivity index (χ1v) is 43.3. The number of aliphatic hydroxyl groups excluding tert-OH is 2. The largest absolute Gasteiger partial charge is 0.466 e. The molecule has 0 aliphatic carbocycles. The number of carbonyl (C=O) groups excluding carboxylic acids is 2. The van der Waals surface area contributed by atoms with Gasteiger partial charge in [-0.1, -0.05) is 429 Å². The molecule has 0 bridgehead atoms. The summed E-state index contributed by atoms with van der Waals surface area (Å²) in [7, 11) is 0. The van der Waals surface area contributed by atoms with Gasteiger partial charge in [-0.3, -0.25) is 9.59 Å². The molecule has 2 atom stereocenters. The summed E-state index contributed by atoms with van der Waals surface area (Å²) in [5.41, 5.74) is 0. The van der Waals surface area contributed by atoms with E-state index in [1.807, 2.05) is 6.08 Å². The van der Waals surface area contributed by atoms with Gasteiger partial charge < -0.3 is 20.3 Å². The van der Waals surface area contributed by atoms with Crippen LogP contribution < -0.4 is 5.32 Å². The lowest BCUT2D eigenvalue weighted by Gasteiger charge is -2.20. The molecule has 0 fully saturated rings. The van der Waals surface area contributed by atoms with E-state index in [1.165, 1.54) is 424 Å². The second kappa shape index (κ2) is 83.5. The quantitative estimate of drug-likeness (QED) is 0.0320. The third kappa shape index (κ3) is 79.1. The molecule has 0 rings (SSSR count). The van der Waals surface area contributed by atoms with Crippen LogP contribution in [0, 0.1) is 0 Å². The van der Waals surface area contributed by atoms with Crippen LogP contribution in [0.1, 0.15) is 489 Å². The van der Waals surface area contributed by atoms with Crippen LogP contribution in [0.3, 0.4) is 0 Å². The Hall–Kier alpha value is -1.92. The summed E-state index contributed by atoms with van der Waals surface area (Å²) >= 11 is 0. The Morgan fingerprint density at radius 1 is 0.287 bits per heavy atom. The number of rotatable bonds is 82. The summed E-state index contributed by atoms with van der Waals surface area (Å²) in [5.74, 6) is -0.0386. The molecule has 0 radical (unpaired) electrons. The van der Waals surface area contributed by atoms with Crippen LogP contribution in [0.2, 0.25) is 0 Å². The van der Waals surface area contributed by atoms with E-state index in [1.54, 1.807) is 6.08 Å². The Labute approximate surface area is 589 Å². The van der Waals surface area contributed by atoms with Gasteiger partial charge in [-0.05, 0) is 83.5 Å². The van der Waals surface area contributed by atoms with Crippen molar-refractivity contribution < 1.29 is 24.5 Å². The minimum absolute atomic E-state index is 0.0203. The van der Waals surface area contributed by atoms with E-state index in [4.69, 9.17) is 4.74 Å². The number of esters is 1. The van der Waals surface area contributed by atoms with Crippen molar-refractivity contribution in [2.24, 2.45) is 0 Å². The van der Waals surface area contributed by atoms with Crippen LogP contribution in [-0.4, -0.2) is 47.4 Å². The van der Waals surface area contributed by atoms with E-state index in [0.29, 0.717) is 19.4 Å². The second-order valence-corrected chi connectivity index (χ2v) is 29.9. The Morgan fingerprint density at radius 3 is 0.755 bits per heavy atom. The summed E-state index contributed by atoms with van der Waals surface area (Å²) in [4.78, 5) is 24.7. The third-order valence-electron chi connectivity index (χ3n) is 20.4. The molecule has 6 heteroatoms. The molecular weight excluding hydrogens is 1150 g/mol. The van der Waals surface area contributed by atoms with Crippen molar-refractivity contribution in [2.75, 3.05) is 13.2 Å². The monoisotopic (exact) mass is 1320 g/mol. The number of hydrogen-bond donors (Lipinski definition) is 3. The summed E-state index contributed by atoms with van der Waals surface area (Å²) in [5, 5.41) is 23.3. The van der Waals surface area contributed by atoms with E-state index in [-0.39, 0.29) is 18.5 Å². The molecule has 556 valence electrons.